The first-order chi connectivity index (χ1) is 12.3. The summed E-state index contributed by atoms with van der Waals surface area (Å²) < 4.78 is 2.51. The Morgan fingerprint density at radius 2 is 2.04 bits per heavy atom. The smallest absolute Gasteiger partial charge is 0.170 e. The third kappa shape index (κ3) is 3.06. The van der Waals surface area contributed by atoms with Gasteiger partial charge in [0.25, 0.3) is 0 Å². The molecule has 2 aromatic heterocycles. The minimum atomic E-state index is 0.107. The molecule has 2 unspecified atom stereocenters. The van der Waals surface area contributed by atoms with E-state index in [0.29, 0.717) is 6.04 Å². The lowest BCUT2D eigenvalue weighted by Crippen LogP contribution is -2.31. The van der Waals surface area contributed by atoms with Gasteiger partial charge in [0.15, 0.2) is 5.11 Å². The molecule has 0 spiro atoms. The molecule has 2 aromatic rings. The molecule has 1 aliphatic heterocycles. The predicted octanol–water partition coefficient (Wildman–Crippen LogP) is 4.38. The molecular weight excluding hydrogens is 328 g/mol. The number of nitrogens with zero attached hydrogens (tertiary/aromatic N) is 3. The maximum absolute atomic E-state index is 5.69. The SMILES string of the molecule is CCCN1C(=S)NC(c2ccccn2)C1c1cccn1C1CCCC1. The van der Waals surface area contributed by atoms with E-state index in [9.17, 15) is 0 Å². The van der Waals surface area contributed by atoms with Crippen LogP contribution < -0.4 is 5.32 Å². The maximum atomic E-state index is 5.69. The van der Waals surface area contributed by atoms with Crippen molar-refractivity contribution in [2.24, 2.45) is 0 Å². The molecular formula is C20H26N4S. The molecule has 1 saturated heterocycles. The van der Waals surface area contributed by atoms with Gasteiger partial charge in [-0.25, -0.2) is 0 Å². The topological polar surface area (TPSA) is 33.1 Å². The highest BCUT2D eigenvalue weighted by molar-refractivity contribution is 7.80. The largest absolute Gasteiger partial charge is 0.352 e. The van der Waals surface area contributed by atoms with Gasteiger partial charge in [-0.2, -0.15) is 0 Å². The molecule has 2 atom stereocenters. The number of thiocarbonyl (C=S) groups is 1. The summed E-state index contributed by atoms with van der Waals surface area (Å²) in [7, 11) is 0. The zero-order chi connectivity index (χ0) is 17.2. The van der Waals surface area contributed by atoms with Crippen molar-refractivity contribution in [3.8, 4) is 0 Å². The van der Waals surface area contributed by atoms with Crippen LogP contribution in [-0.2, 0) is 0 Å². The third-order valence-electron chi connectivity index (χ3n) is 5.50. The van der Waals surface area contributed by atoms with Crippen molar-refractivity contribution in [1.29, 1.82) is 0 Å². The molecule has 1 saturated carbocycles. The Morgan fingerprint density at radius 3 is 2.76 bits per heavy atom. The zero-order valence-electron chi connectivity index (χ0n) is 14.8. The van der Waals surface area contributed by atoms with Crippen molar-refractivity contribution in [3.05, 3.63) is 54.1 Å². The van der Waals surface area contributed by atoms with E-state index < -0.39 is 0 Å². The van der Waals surface area contributed by atoms with Crippen molar-refractivity contribution in [2.75, 3.05) is 6.54 Å². The highest BCUT2D eigenvalue weighted by atomic mass is 32.1. The Morgan fingerprint density at radius 1 is 1.20 bits per heavy atom. The molecule has 4 rings (SSSR count). The van der Waals surface area contributed by atoms with Crippen LogP contribution in [0.2, 0.25) is 0 Å². The summed E-state index contributed by atoms with van der Waals surface area (Å²) in [5, 5.41) is 4.39. The quantitative estimate of drug-likeness (QED) is 0.808. The van der Waals surface area contributed by atoms with Crippen LogP contribution in [0.3, 0.4) is 0 Å². The minimum absolute atomic E-state index is 0.107. The Hall–Kier alpha value is -1.88. The number of pyridine rings is 1. The van der Waals surface area contributed by atoms with Gasteiger partial charge in [0.05, 0.1) is 17.8 Å². The fourth-order valence-corrected chi connectivity index (χ4v) is 4.71. The van der Waals surface area contributed by atoms with Gasteiger partial charge in [-0.15, -0.1) is 0 Å². The minimum Gasteiger partial charge on any atom is -0.352 e. The zero-order valence-corrected chi connectivity index (χ0v) is 15.6. The van der Waals surface area contributed by atoms with Gasteiger partial charge in [-0.3, -0.25) is 4.98 Å². The van der Waals surface area contributed by atoms with E-state index in [1.54, 1.807) is 0 Å². The van der Waals surface area contributed by atoms with E-state index >= 15 is 0 Å². The van der Waals surface area contributed by atoms with Gasteiger partial charge in [-0.05, 0) is 55.7 Å². The van der Waals surface area contributed by atoms with Gasteiger partial charge in [0.2, 0.25) is 0 Å². The summed E-state index contributed by atoms with van der Waals surface area (Å²) in [4.78, 5) is 6.98. The molecule has 2 aliphatic rings. The van der Waals surface area contributed by atoms with Gasteiger partial charge >= 0.3 is 0 Å². The molecule has 5 heteroatoms. The molecule has 132 valence electrons. The third-order valence-corrected chi connectivity index (χ3v) is 5.85. The van der Waals surface area contributed by atoms with Crippen molar-refractivity contribution in [1.82, 2.24) is 19.8 Å². The van der Waals surface area contributed by atoms with Crippen molar-refractivity contribution in [3.63, 3.8) is 0 Å². The van der Waals surface area contributed by atoms with Crippen LogP contribution in [0.5, 0.6) is 0 Å². The summed E-state index contributed by atoms with van der Waals surface area (Å²) in [6, 6.07) is 11.5. The second-order valence-corrected chi connectivity index (χ2v) is 7.49. The normalized spacial score (nSPS) is 24.0. The molecule has 1 aliphatic carbocycles. The van der Waals surface area contributed by atoms with E-state index in [1.807, 2.05) is 12.3 Å². The van der Waals surface area contributed by atoms with Crippen LogP contribution in [-0.4, -0.2) is 26.1 Å². The summed E-state index contributed by atoms with van der Waals surface area (Å²) in [5.74, 6) is 0. The van der Waals surface area contributed by atoms with Crippen LogP contribution in [0, 0.1) is 0 Å². The molecule has 0 radical (unpaired) electrons. The molecule has 2 fully saturated rings. The Kier molecular flexibility index (Phi) is 4.75. The summed E-state index contributed by atoms with van der Waals surface area (Å²) in [6.45, 7) is 3.18. The molecule has 4 nitrogen and oxygen atoms in total. The second-order valence-electron chi connectivity index (χ2n) is 7.10. The van der Waals surface area contributed by atoms with Crippen molar-refractivity contribution >= 4 is 17.3 Å². The maximum Gasteiger partial charge on any atom is 0.170 e. The molecule has 0 bridgehead atoms. The van der Waals surface area contributed by atoms with Crippen molar-refractivity contribution in [2.45, 2.75) is 57.2 Å². The number of hydrogen-bond donors (Lipinski definition) is 1. The average molecular weight is 355 g/mol. The highest BCUT2D eigenvalue weighted by Gasteiger charge is 2.41. The lowest BCUT2D eigenvalue weighted by atomic mass is 10.0. The first kappa shape index (κ1) is 16.6. The molecule has 3 heterocycles. The van der Waals surface area contributed by atoms with E-state index in [2.05, 4.69) is 57.2 Å². The first-order valence-electron chi connectivity index (χ1n) is 9.44. The summed E-state index contributed by atoms with van der Waals surface area (Å²) in [6.07, 6.45) is 10.5. The molecule has 25 heavy (non-hydrogen) atoms. The Bertz CT molecular complexity index is 720. The van der Waals surface area contributed by atoms with Crippen LogP contribution in [0.4, 0.5) is 0 Å². The number of hydrogen-bond acceptors (Lipinski definition) is 2. The van der Waals surface area contributed by atoms with Crippen LogP contribution >= 0.6 is 12.2 Å². The van der Waals surface area contributed by atoms with Gasteiger partial charge < -0.3 is 14.8 Å². The second kappa shape index (κ2) is 7.16. The van der Waals surface area contributed by atoms with E-state index in [4.69, 9.17) is 12.2 Å². The number of nitrogens with one attached hydrogen (secondary N) is 1. The lowest BCUT2D eigenvalue weighted by molar-refractivity contribution is 0.296. The first-order valence-corrected chi connectivity index (χ1v) is 9.85. The predicted molar refractivity (Wildman–Crippen MR) is 104 cm³/mol. The van der Waals surface area contributed by atoms with Gasteiger partial charge in [-0.1, -0.05) is 25.8 Å². The molecule has 0 amide bonds. The summed E-state index contributed by atoms with van der Waals surface area (Å²) >= 11 is 5.69. The fraction of sp³-hybridized carbons (Fsp3) is 0.500. The number of rotatable bonds is 5. The average Bonchev–Trinajstić information content (AvgIpc) is 3.36. The lowest BCUT2D eigenvalue weighted by Gasteiger charge is -2.30. The van der Waals surface area contributed by atoms with E-state index in [-0.39, 0.29) is 12.1 Å². The van der Waals surface area contributed by atoms with Crippen LogP contribution in [0.25, 0.3) is 0 Å². The number of aromatic nitrogens is 2. The van der Waals surface area contributed by atoms with Crippen LogP contribution in [0.15, 0.2) is 42.7 Å². The van der Waals surface area contributed by atoms with E-state index in [0.717, 1.165) is 23.8 Å². The van der Waals surface area contributed by atoms with E-state index in [1.165, 1.54) is 31.4 Å². The standard InChI is InChI=1S/C20H26N4S/c1-2-13-24-19(17-11-7-14-23(17)15-8-3-4-9-15)18(22-20(24)25)16-10-5-6-12-21-16/h5-7,10-12,14-15,18-19H,2-4,8-9,13H2,1H3,(H,22,25). The summed E-state index contributed by atoms with van der Waals surface area (Å²) in [5.41, 5.74) is 2.43. The van der Waals surface area contributed by atoms with Gasteiger partial charge in [0, 0.05) is 30.7 Å². The van der Waals surface area contributed by atoms with Crippen molar-refractivity contribution < 1.29 is 0 Å². The molecule has 0 aromatic carbocycles. The highest BCUT2D eigenvalue weighted by Crippen LogP contribution is 2.41. The monoisotopic (exact) mass is 354 g/mol. The Balaban J connectivity index is 1.74. The fourth-order valence-electron chi connectivity index (χ4n) is 4.38. The Labute approximate surface area is 155 Å². The van der Waals surface area contributed by atoms with Gasteiger partial charge in [0.1, 0.15) is 0 Å². The van der Waals surface area contributed by atoms with Crippen LogP contribution in [0.1, 0.15) is 68.5 Å². The molecule has 1 N–H and O–H groups in total.